The molecule has 5 nitrogen and oxygen atoms in total. The Balaban J connectivity index is 1.81. The minimum absolute atomic E-state index is 0.230. The van der Waals surface area contributed by atoms with Gasteiger partial charge in [-0.1, -0.05) is 56.2 Å². The predicted molar refractivity (Wildman–Crippen MR) is 127 cm³/mol. The lowest BCUT2D eigenvalue weighted by Crippen LogP contribution is -2.06. The molecule has 0 aliphatic rings. The largest absolute Gasteiger partial charge is 0.477 e. The molecule has 0 saturated heterocycles. The van der Waals surface area contributed by atoms with Crippen LogP contribution in [0.2, 0.25) is 0 Å². The van der Waals surface area contributed by atoms with Crippen molar-refractivity contribution in [3.05, 3.63) is 48.0 Å². The quantitative estimate of drug-likeness (QED) is 0.191. The summed E-state index contributed by atoms with van der Waals surface area (Å²) in [5.74, 6) is 6.30. The lowest BCUT2D eigenvalue weighted by atomic mass is 10.0. The fourth-order valence-corrected chi connectivity index (χ4v) is 3.57. The van der Waals surface area contributed by atoms with Crippen molar-refractivity contribution in [2.45, 2.75) is 58.0 Å². The van der Waals surface area contributed by atoms with E-state index in [1.807, 2.05) is 24.3 Å². The number of nitrogens with zero attached hydrogens (tertiary/aromatic N) is 1. The summed E-state index contributed by atoms with van der Waals surface area (Å²) in [6, 6.07) is 14.2. The first-order valence-electron chi connectivity index (χ1n) is 11.3. The van der Waals surface area contributed by atoms with Gasteiger partial charge in [-0.3, -0.25) is 4.79 Å². The van der Waals surface area contributed by atoms with E-state index in [0.29, 0.717) is 37.3 Å². The van der Waals surface area contributed by atoms with E-state index >= 15 is 0 Å². The van der Waals surface area contributed by atoms with Gasteiger partial charge in [0.15, 0.2) is 0 Å². The van der Waals surface area contributed by atoms with Gasteiger partial charge in [-0.15, -0.1) is 11.8 Å². The number of benzene rings is 2. The van der Waals surface area contributed by atoms with E-state index in [4.69, 9.17) is 9.72 Å². The van der Waals surface area contributed by atoms with Crippen LogP contribution in [-0.4, -0.2) is 29.8 Å². The zero-order chi connectivity index (χ0) is 22.8. The molecule has 0 aliphatic carbocycles. The number of aromatic nitrogens is 1. The van der Waals surface area contributed by atoms with Crippen LogP contribution >= 0.6 is 0 Å². The summed E-state index contributed by atoms with van der Waals surface area (Å²) in [7, 11) is 1.38. The van der Waals surface area contributed by atoms with E-state index in [-0.39, 0.29) is 12.4 Å². The average Bonchev–Trinajstić information content (AvgIpc) is 2.83. The Morgan fingerprint density at radius 3 is 2.72 bits per heavy atom. The third-order valence-corrected chi connectivity index (χ3v) is 5.38. The highest BCUT2D eigenvalue weighted by Crippen LogP contribution is 2.32. The number of aliphatic hydroxyl groups excluding tert-OH is 1. The molecular formula is C27H31NO4. The number of hydrogen-bond acceptors (Lipinski definition) is 5. The van der Waals surface area contributed by atoms with Crippen molar-refractivity contribution in [3.8, 4) is 17.7 Å². The van der Waals surface area contributed by atoms with Gasteiger partial charge in [0.25, 0.3) is 0 Å². The summed E-state index contributed by atoms with van der Waals surface area (Å²) in [5, 5.41) is 14.0. The van der Waals surface area contributed by atoms with Crippen LogP contribution < -0.4 is 4.74 Å². The van der Waals surface area contributed by atoms with Crippen molar-refractivity contribution >= 4 is 27.6 Å². The van der Waals surface area contributed by atoms with Crippen LogP contribution in [0.15, 0.2) is 42.5 Å². The predicted octanol–water partition coefficient (Wildman–Crippen LogP) is 5.73. The molecule has 3 rings (SSSR count). The molecule has 2 aromatic carbocycles. The molecule has 1 heterocycles. The Labute approximate surface area is 189 Å². The monoisotopic (exact) mass is 433 g/mol. The normalized spacial score (nSPS) is 11.7. The maximum Gasteiger partial charge on any atom is 0.305 e. The number of hydrogen-bond donors (Lipinski definition) is 1. The van der Waals surface area contributed by atoms with Gasteiger partial charge in [-0.05, 0) is 24.3 Å². The number of unbranched alkanes of at least 4 members (excludes halogenated alkanes) is 3. The average molecular weight is 434 g/mol. The number of carbonyl (C=O) groups is 1. The van der Waals surface area contributed by atoms with Crippen molar-refractivity contribution in [1.82, 2.24) is 4.98 Å². The SMILES string of the molecule is CCCCCOc1nc2c(ccc3ccccc32)cc1C(O)CC#CCCCC(=O)OC. The third-order valence-electron chi connectivity index (χ3n) is 5.38. The van der Waals surface area contributed by atoms with Crippen LogP contribution in [0.25, 0.3) is 21.7 Å². The van der Waals surface area contributed by atoms with Crippen LogP contribution in [0, 0.1) is 11.8 Å². The zero-order valence-electron chi connectivity index (χ0n) is 18.9. The highest BCUT2D eigenvalue weighted by molar-refractivity contribution is 6.05. The molecule has 0 bridgehead atoms. The van der Waals surface area contributed by atoms with Gasteiger partial charge in [-0.25, -0.2) is 4.98 Å². The molecule has 1 atom stereocenters. The molecule has 1 aromatic heterocycles. The van der Waals surface area contributed by atoms with Gasteiger partial charge in [0.2, 0.25) is 5.88 Å². The number of rotatable bonds is 10. The molecule has 1 N–H and O–H groups in total. The molecule has 0 amide bonds. The summed E-state index contributed by atoms with van der Waals surface area (Å²) >= 11 is 0. The Hall–Kier alpha value is -3.10. The summed E-state index contributed by atoms with van der Waals surface area (Å²) in [6.07, 6.45) is 4.22. The maximum atomic E-state index is 11.2. The number of pyridine rings is 1. The highest BCUT2D eigenvalue weighted by atomic mass is 16.5. The van der Waals surface area contributed by atoms with Crippen molar-refractivity contribution in [1.29, 1.82) is 0 Å². The van der Waals surface area contributed by atoms with Gasteiger partial charge in [0.1, 0.15) is 0 Å². The van der Waals surface area contributed by atoms with Gasteiger partial charge in [-0.2, -0.15) is 0 Å². The van der Waals surface area contributed by atoms with Gasteiger partial charge < -0.3 is 14.6 Å². The molecule has 0 saturated carbocycles. The van der Waals surface area contributed by atoms with Crippen molar-refractivity contribution < 1.29 is 19.4 Å². The molecule has 168 valence electrons. The number of ether oxygens (including phenoxy) is 2. The fraction of sp³-hybridized carbons (Fsp3) is 0.407. The smallest absolute Gasteiger partial charge is 0.305 e. The van der Waals surface area contributed by atoms with Crippen molar-refractivity contribution in [2.24, 2.45) is 0 Å². The number of methoxy groups -OCH3 is 1. The number of carbonyl (C=O) groups excluding carboxylic acids is 1. The topological polar surface area (TPSA) is 68.7 Å². The first-order valence-corrected chi connectivity index (χ1v) is 11.3. The molecule has 0 fully saturated rings. The highest BCUT2D eigenvalue weighted by Gasteiger charge is 2.17. The van der Waals surface area contributed by atoms with Crippen LogP contribution in [0.1, 0.15) is 63.5 Å². The molecule has 3 aromatic rings. The molecule has 32 heavy (non-hydrogen) atoms. The van der Waals surface area contributed by atoms with E-state index in [9.17, 15) is 9.90 Å². The number of fused-ring (bicyclic) bond motifs is 3. The van der Waals surface area contributed by atoms with Gasteiger partial charge in [0.05, 0.1) is 25.3 Å². The summed E-state index contributed by atoms with van der Waals surface area (Å²) in [4.78, 5) is 16.0. The Morgan fingerprint density at radius 2 is 1.91 bits per heavy atom. The molecular weight excluding hydrogens is 402 g/mol. The van der Waals surface area contributed by atoms with Gasteiger partial charge >= 0.3 is 5.97 Å². The second kappa shape index (κ2) is 12.1. The van der Waals surface area contributed by atoms with Crippen molar-refractivity contribution in [2.75, 3.05) is 13.7 Å². The summed E-state index contributed by atoms with van der Waals surface area (Å²) in [6.45, 7) is 2.72. The lowest BCUT2D eigenvalue weighted by Gasteiger charge is -2.16. The first kappa shape index (κ1) is 23.6. The molecule has 0 aliphatic heterocycles. The standard InChI is InChI=1S/C27H31NO4/c1-3-4-11-18-32-27-23(24(29)14-7-5-6-8-15-25(30)31-2)19-21-17-16-20-12-9-10-13-22(20)26(21)28-27/h9-10,12-13,16-17,19,24,29H,3-4,6,8,11,14-15,18H2,1-2H3. The minimum atomic E-state index is -0.798. The van der Waals surface area contributed by atoms with Crippen LogP contribution in [0.5, 0.6) is 5.88 Å². The maximum absolute atomic E-state index is 11.2. The molecule has 1 unspecified atom stereocenters. The Bertz CT molecular complexity index is 1110. The van der Waals surface area contributed by atoms with E-state index in [0.717, 1.165) is 40.9 Å². The van der Waals surface area contributed by atoms with Crippen LogP contribution in [-0.2, 0) is 9.53 Å². The fourth-order valence-electron chi connectivity index (χ4n) is 3.57. The minimum Gasteiger partial charge on any atom is -0.477 e. The summed E-state index contributed by atoms with van der Waals surface area (Å²) < 4.78 is 10.7. The van der Waals surface area contributed by atoms with Gasteiger partial charge in [0, 0.05) is 35.6 Å². The Kier molecular flexibility index (Phi) is 8.89. The number of aliphatic hydroxyl groups is 1. The second-order valence-electron chi connectivity index (χ2n) is 7.80. The van der Waals surface area contributed by atoms with E-state index in [1.165, 1.54) is 7.11 Å². The Morgan fingerprint density at radius 1 is 1.09 bits per heavy atom. The van der Waals surface area contributed by atoms with Crippen LogP contribution in [0.4, 0.5) is 0 Å². The lowest BCUT2D eigenvalue weighted by molar-refractivity contribution is -0.140. The third kappa shape index (κ3) is 6.21. The summed E-state index contributed by atoms with van der Waals surface area (Å²) in [5.41, 5.74) is 1.53. The van der Waals surface area contributed by atoms with E-state index < -0.39 is 6.10 Å². The second-order valence-corrected chi connectivity index (χ2v) is 7.80. The molecule has 5 heteroatoms. The molecule has 0 radical (unpaired) electrons. The first-order chi connectivity index (χ1) is 15.6. The number of esters is 1. The van der Waals surface area contributed by atoms with E-state index in [2.05, 4.69) is 41.7 Å². The molecule has 0 spiro atoms. The van der Waals surface area contributed by atoms with Crippen molar-refractivity contribution in [3.63, 3.8) is 0 Å². The zero-order valence-corrected chi connectivity index (χ0v) is 18.9. The van der Waals surface area contributed by atoms with Crippen LogP contribution in [0.3, 0.4) is 0 Å². The van der Waals surface area contributed by atoms with E-state index in [1.54, 1.807) is 0 Å².